The zero-order valence-corrected chi connectivity index (χ0v) is 9.27. The Labute approximate surface area is 91.8 Å². The highest BCUT2D eigenvalue weighted by atomic mass is 32.1. The van der Waals surface area contributed by atoms with Crippen molar-refractivity contribution in [2.24, 2.45) is 4.99 Å². The molecule has 0 atom stereocenters. The maximum Gasteiger partial charge on any atom is 0.220 e. The zero-order valence-electron chi connectivity index (χ0n) is 8.45. The molecule has 0 aromatic carbocycles. The first-order valence-electron chi connectivity index (χ1n) is 4.50. The fourth-order valence-electron chi connectivity index (χ4n) is 1.51. The molecule has 1 aliphatic heterocycles. The minimum atomic E-state index is -0.470. The van der Waals surface area contributed by atoms with Crippen LogP contribution < -0.4 is 0 Å². The molecule has 6 heteroatoms. The number of fused-ring (bicyclic) bond motifs is 1. The van der Waals surface area contributed by atoms with Crippen LogP contribution in [0.25, 0.3) is 0 Å². The molecule has 0 bridgehead atoms. The summed E-state index contributed by atoms with van der Waals surface area (Å²) in [5.74, 6) is -0.482. The Morgan fingerprint density at radius 3 is 3.07 bits per heavy atom. The lowest BCUT2D eigenvalue weighted by molar-refractivity contribution is -0.0673. The van der Waals surface area contributed by atoms with Gasteiger partial charge in [-0.2, -0.15) is 4.99 Å². The third-order valence-electron chi connectivity index (χ3n) is 2.26. The van der Waals surface area contributed by atoms with Crippen molar-refractivity contribution < 1.29 is 9.13 Å². The lowest BCUT2D eigenvalue weighted by Crippen LogP contribution is -2.36. The van der Waals surface area contributed by atoms with Crippen molar-refractivity contribution in [3.05, 3.63) is 11.5 Å². The quantitative estimate of drug-likeness (QED) is 0.544. The number of aromatic nitrogens is 2. The smallest absolute Gasteiger partial charge is 0.220 e. The SMILES string of the molecule is CC1(C)Cn2nc(N=C=S)c(F)c2CO1. The Morgan fingerprint density at radius 2 is 2.40 bits per heavy atom. The van der Waals surface area contributed by atoms with Crippen LogP contribution in [0.1, 0.15) is 19.5 Å². The van der Waals surface area contributed by atoms with Crippen LogP contribution in [0.5, 0.6) is 0 Å². The average molecular weight is 227 g/mol. The van der Waals surface area contributed by atoms with Gasteiger partial charge in [0, 0.05) is 0 Å². The summed E-state index contributed by atoms with van der Waals surface area (Å²) in [5.41, 5.74) is 0.0859. The van der Waals surface area contributed by atoms with E-state index < -0.39 is 5.82 Å². The zero-order chi connectivity index (χ0) is 11.1. The number of nitrogens with zero attached hydrogens (tertiary/aromatic N) is 3. The summed E-state index contributed by atoms with van der Waals surface area (Å²) in [6.45, 7) is 4.57. The first kappa shape index (κ1) is 10.4. The molecule has 0 saturated carbocycles. The lowest BCUT2D eigenvalue weighted by atomic mass is 10.1. The largest absolute Gasteiger partial charge is 0.367 e. The second kappa shape index (κ2) is 3.48. The predicted octanol–water partition coefficient (Wildman–Crippen LogP) is 2.07. The predicted molar refractivity (Wildman–Crippen MR) is 55.7 cm³/mol. The molecule has 2 heterocycles. The highest BCUT2D eigenvalue weighted by Gasteiger charge is 2.30. The molecule has 15 heavy (non-hydrogen) atoms. The van der Waals surface area contributed by atoms with Gasteiger partial charge in [0.2, 0.25) is 5.82 Å². The lowest BCUT2D eigenvalue weighted by Gasteiger charge is -2.30. The molecule has 0 amide bonds. The van der Waals surface area contributed by atoms with Crippen molar-refractivity contribution in [3.8, 4) is 0 Å². The molecule has 0 N–H and O–H groups in total. The van der Waals surface area contributed by atoms with Crippen LogP contribution in [0.15, 0.2) is 4.99 Å². The van der Waals surface area contributed by atoms with E-state index in [0.29, 0.717) is 12.2 Å². The molecule has 0 aliphatic carbocycles. The van der Waals surface area contributed by atoms with Gasteiger partial charge in [-0.1, -0.05) is 0 Å². The second-order valence-corrected chi connectivity index (χ2v) is 4.18. The fourth-order valence-corrected chi connectivity index (χ4v) is 1.60. The highest BCUT2D eigenvalue weighted by molar-refractivity contribution is 7.78. The third-order valence-corrected chi connectivity index (χ3v) is 2.35. The van der Waals surface area contributed by atoms with Crippen LogP contribution in [-0.2, 0) is 17.9 Å². The van der Waals surface area contributed by atoms with Crippen molar-refractivity contribution in [2.75, 3.05) is 0 Å². The van der Waals surface area contributed by atoms with E-state index in [9.17, 15) is 4.39 Å². The number of isothiocyanates is 1. The van der Waals surface area contributed by atoms with Gasteiger partial charge in [0.1, 0.15) is 5.69 Å². The second-order valence-electron chi connectivity index (χ2n) is 3.99. The van der Waals surface area contributed by atoms with Gasteiger partial charge in [0.15, 0.2) is 5.82 Å². The molecule has 0 radical (unpaired) electrons. The number of halogens is 1. The van der Waals surface area contributed by atoms with E-state index in [-0.39, 0.29) is 18.0 Å². The summed E-state index contributed by atoms with van der Waals surface area (Å²) in [7, 11) is 0. The summed E-state index contributed by atoms with van der Waals surface area (Å²) in [6, 6.07) is 0. The Bertz CT molecular complexity index is 448. The minimum absolute atomic E-state index is 0.0127. The van der Waals surface area contributed by atoms with E-state index in [2.05, 4.69) is 27.5 Å². The first-order valence-corrected chi connectivity index (χ1v) is 4.91. The van der Waals surface area contributed by atoms with Crippen LogP contribution in [0.3, 0.4) is 0 Å². The molecule has 80 valence electrons. The molecule has 0 fully saturated rings. The Balaban J connectivity index is 2.45. The van der Waals surface area contributed by atoms with Gasteiger partial charge in [0.25, 0.3) is 0 Å². The van der Waals surface area contributed by atoms with Gasteiger partial charge in [-0.3, -0.25) is 4.68 Å². The van der Waals surface area contributed by atoms with E-state index in [1.807, 2.05) is 13.8 Å². The maximum atomic E-state index is 13.6. The van der Waals surface area contributed by atoms with Crippen molar-refractivity contribution in [1.29, 1.82) is 0 Å². The number of aliphatic imine (C=N–C) groups is 1. The number of hydrogen-bond acceptors (Lipinski definition) is 4. The molecule has 0 spiro atoms. The van der Waals surface area contributed by atoms with E-state index in [4.69, 9.17) is 4.74 Å². The average Bonchev–Trinajstić information content (AvgIpc) is 2.42. The standard InChI is InChI=1S/C9H10FN3OS/c1-9(2)4-13-6(3-14-9)7(10)8(12-13)11-5-15/h3-4H2,1-2H3. The molecule has 0 saturated heterocycles. The molecule has 2 rings (SSSR count). The van der Waals surface area contributed by atoms with Crippen LogP contribution in [0.4, 0.5) is 10.2 Å². The van der Waals surface area contributed by atoms with E-state index in [0.717, 1.165) is 0 Å². The number of rotatable bonds is 1. The summed E-state index contributed by atoms with van der Waals surface area (Å²) in [5, 5.41) is 6.11. The molecule has 1 aromatic heterocycles. The van der Waals surface area contributed by atoms with E-state index >= 15 is 0 Å². The van der Waals surface area contributed by atoms with Crippen molar-refractivity contribution >= 4 is 23.2 Å². The summed E-state index contributed by atoms with van der Waals surface area (Å²) < 4.78 is 20.7. The summed E-state index contributed by atoms with van der Waals surface area (Å²) in [6.07, 6.45) is 0. The Kier molecular flexibility index (Phi) is 2.42. The molecule has 0 unspecified atom stereocenters. The van der Waals surface area contributed by atoms with Crippen molar-refractivity contribution in [1.82, 2.24) is 9.78 Å². The monoisotopic (exact) mass is 227 g/mol. The normalized spacial score (nSPS) is 18.1. The topological polar surface area (TPSA) is 39.4 Å². The third kappa shape index (κ3) is 1.84. The maximum absolute atomic E-state index is 13.6. The Hall–Kier alpha value is -1.10. The fraction of sp³-hybridized carbons (Fsp3) is 0.556. The molecule has 1 aliphatic rings. The van der Waals surface area contributed by atoms with Gasteiger partial charge in [-0.05, 0) is 26.1 Å². The van der Waals surface area contributed by atoms with E-state index in [1.165, 1.54) is 0 Å². The van der Waals surface area contributed by atoms with Crippen molar-refractivity contribution in [3.63, 3.8) is 0 Å². The summed E-state index contributed by atoms with van der Waals surface area (Å²) >= 11 is 4.42. The Morgan fingerprint density at radius 1 is 1.67 bits per heavy atom. The van der Waals surface area contributed by atoms with Crippen molar-refractivity contribution in [2.45, 2.75) is 32.6 Å². The molecular formula is C9H10FN3OS. The number of hydrogen-bond donors (Lipinski definition) is 0. The summed E-state index contributed by atoms with van der Waals surface area (Å²) in [4.78, 5) is 3.56. The molecular weight excluding hydrogens is 217 g/mol. The van der Waals surface area contributed by atoms with Gasteiger partial charge >= 0.3 is 0 Å². The van der Waals surface area contributed by atoms with Gasteiger partial charge in [-0.25, -0.2) is 4.39 Å². The van der Waals surface area contributed by atoms with Crippen LogP contribution in [0, 0.1) is 5.82 Å². The minimum Gasteiger partial charge on any atom is -0.367 e. The van der Waals surface area contributed by atoms with Gasteiger partial charge in [0.05, 0.1) is 23.9 Å². The first-order chi connectivity index (χ1) is 7.03. The number of ether oxygens (including phenoxy) is 1. The number of thiocarbonyl (C=S) groups is 1. The van der Waals surface area contributed by atoms with Crippen LogP contribution in [-0.4, -0.2) is 20.5 Å². The highest BCUT2D eigenvalue weighted by Crippen LogP contribution is 2.28. The van der Waals surface area contributed by atoms with Gasteiger partial charge < -0.3 is 4.74 Å². The van der Waals surface area contributed by atoms with Gasteiger partial charge in [-0.15, -0.1) is 5.10 Å². The van der Waals surface area contributed by atoms with E-state index in [1.54, 1.807) is 4.68 Å². The molecule has 1 aromatic rings. The molecule has 4 nitrogen and oxygen atoms in total. The van der Waals surface area contributed by atoms with Crippen LogP contribution in [0.2, 0.25) is 0 Å². The van der Waals surface area contributed by atoms with Crippen LogP contribution >= 0.6 is 12.2 Å².